The number of phenols is 1. The molecule has 3 heteroatoms. The lowest BCUT2D eigenvalue weighted by Gasteiger charge is -2.09. The maximum Gasteiger partial charge on any atom is 0.115 e. The van der Waals surface area contributed by atoms with Crippen molar-refractivity contribution >= 4 is 16.6 Å². The number of aromatic nitrogens is 1. The minimum Gasteiger partial charge on any atom is -0.508 e. The van der Waals surface area contributed by atoms with E-state index in [9.17, 15) is 5.11 Å². The Bertz CT molecular complexity index is 687. The van der Waals surface area contributed by atoms with Crippen molar-refractivity contribution in [3.05, 3.63) is 66.4 Å². The molecule has 0 aliphatic heterocycles. The van der Waals surface area contributed by atoms with Crippen molar-refractivity contribution in [2.24, 2.45) is 0 Å². The average molecular weight is 250 g/mol. The SMILES string of the molecule is Oc1ccc(CNc2ccnc3ccccc23)cc1. The molecule has 0 amide bonds. The Balaban J connectivity index is 1.84. The van der Waals surface area contributed by atoms with Crippen molar-refractivity contribution in [3.63, 3.8) is 0 Å². The predicted octanol–water partition coefficient (Wildman–Crippen LogP) is 3.55. The first kappa shape index (κ1) is 11.5. The Morgan fingerprint density at radius 1 is 0.947 bits per heavy atom. The van der Waals surface area contributed by atoms with Gasteiger partial charge in [-0.05, 0) is 29.8 Å². The fourth-order valence-electron chi connectivity index (χ4n) is 2.06. The third-order valence-electron chi connectivity index (χ3n) is 3.07. The van der Waals surface area contributed by atoms with Crippen LogP contribution in [0.25, 0.3) is 10.9 Å². The van der Waals surface area contributed by atoms with Crippen LogP contribution in [-0.2, 0) is 6.54 Å². The van der Waals surface area contributed by atoms with Crippen molar-refractivity contribution in [1.82, 2.24) is 4.98 Å². The second-order valence-corrected chi connectivity index (χ2v) is 4.40. The number of nitrogens with one attached hydrogen (secondary N) is 1. The van der Waals surface area contributed by atoms with Gasteiger partial charge in [-0.2, -0.15) is 0 Å². The highest BCUT2D eigenvalue weighted by Gasteiger charge is 2.00. The zero-order chi connectivity index (χ0) is 13.1. The van der Waals surface area contributed by atoms with Crippen LogP contribution in [0.5, 0.6) is 5.75 Å². The summed E-state index contributed by atoms with van der Waals surface area (Å²) < 4.78 is 0. The van der Waals surface area contributed by atoms with E-state index in [0.29, 0.717) is 6.54 Å². The molecule has 0 aliphatic carbocycles. The molecule has 0 saturated carbocycles. The Kier molecular flexibility index (Phi) is 3.02. The molecular weight excluding hydrogens is 236 g/mol. The first-order valence-corrected chi connectivity index (χ1v) is 6.18. The third-order valence-corrected chi connectivity index (χ3v) is 3.07. The van der Waals surface area contributed by atoms with Crippen molar-refractivity contribution in [2.75, 3.05) is 5.32 Å². The lowest BCUT2D eigenvalue weighted by atomic mass is 10.1. The number of benzene rings is 2. The normalized spacial score (nSPS) is 10.5. The molecule has 0 spiro atoms. The molecule has 0 fully saturated rings. The van der Waals surface area contributed by atoms with Gasteiger partial charge in [0.05, 0.1) is 5.52 Å². The molecule has 19 heavy (non-hydrogen) atoms. The highest BCUT2D eigenvalue weighted by atomic mass is 16.3. The van der Waals surface area contributed by atoms with E-state index in [1.165, 1.54) is 0 Å². The summed E-state index contributed by atoms with van der Waals surface area (Å²) in [6.45, 7) is 0.717. The number of hydrogen-bond acceptors (Lipinski definition) is 3. The van der Waals surface area contributed by atoms with E-state index in [1.54, 1.807) is 12.1 Å². The van der Waals surface area contributed by atoms with Gasteiger partial charge in [0.1, 0.15) is 5.75 Å². The number of nitrogens with zero attached hydrogens (tertiary/aromatic N) is 1. The van der Waals surface area contributed by atoms with E-state index in [4.69, 9.17) is 0 Å². The van der Waals surface area contributed by atoms with Crippen LogP contribution in [0.2, 0.25) is 0 Å². The molecule has 2 N–H and O–H groups in total. The molecule has 0 bridgehead atoms. The topological polar surface area (TPSA) is 45.1 Å². The van der Waals surface area contributed by atoms with Gasteiger partial charge in [0.25, 0.3) is 0 Å². The summed E-state index contributed by atoms with van der Waals surface area (Å²) in [6.07, 6.45) is 1.81. The molecule has 0 saturated heterocycles. The maximum absolute atomic E-state index is 9.25. The minimum atomic E-state index is 0.290. The Morgan fingerprint density at radius 2 is 1.74 bits per heavy atom. The molecule has 0 radical (unpaired) electrons. The Morgan fingerprint density at radius 3 is 2.58 bits per heavy atom. The molecule has 0 unspecified atom stereocenters. The van der Waals surface area contributed by atoms with Crippen LogP contribution in [0.15, 0.2) is 60.8 Å². The second-order valence-electron chi connectivity index (χ2n) is 4.40. The smallest absolute Gasteiger partial charge is 0.115 e. The fraction of sp³-hybridized carbons (Fsp3) is 0.0625. The van der Waals surface area contributed by atoms with Crippen LogP contribution < -0.4 is 5.32 Å². The molecule has 0 aliphatic rings. The lowest BCUT2D eigenvalue weighted by Crippen LogP contribution is -2.00. The number of aromatic hydroxyl groups is 1. The van der Waals surface area contributed by atoms with Gasteiger partial charge in [0.2, 0.25) is 0 Å². The van der Waals surface area contributed by atoms with Gasteiger partial charge in [-0.3, -0.25) is 4.98 Å². The van der Waals surface area contributed by atoms with Gasteiger partial charge in [-0.15, -0.1) is 0 Å². The molecule has 3 nitrogen and oxygen atoms in total. The quantitative estimate of drug-likeness (QED) is 0.747. The standard InChI is InChI=1S/C16H14N2O/c19-13-7-5-12(6-8-13)11-18-16-9-10-17-15-4-2-1-3-14(15)16/h1-10,19H,11H2,(H,17,18). The van der Waals surface area contributed by atoms with Crippen molar-refractivity contribution in [3.8, 4) is 5.75 Å². The van der Waals surface area contributed by atoms with E-state index >= 15 is 0 Å². The summed E-state index contributed by atoms with van der Waals surface area (Å²) in [6, 6.07) is 17.2. The largest absolute Gasteiger partial charge is 0.508 e. The van der Waals surface area contributed by atoms with Gasteiger partial charge in [-0.1, -0.05) is 30.3 Å². The number of anilines is 1. The number of rotatable bonds is 3. The van der Waals surface area contributed by atoms with Gasteiger partial charge in [0, 0.05) is 23.8 Å². The Labute approximate surface area is 111 Å². The van der Waals surface area contributed by atoms with Gasteiger partial charge in [0.15, 0.2) is 0 Å². The number of phenolic OH excluding ortho intramolecular Hbond substituents is 1. The molecule has 3 aromatic rings. The number of hydrogen-bond donors (Lipinski definition) is 2. The van der Waals surface area contributed by atoms with Crippen LogP contribution in [0.3, 0.4) is 0 Å². The molecule has 3 rings (SSSR count). The zero-order valence-corrected chi connectivity index (χ0v) is 10.4. The summed E-state index contributed by atoms with van der Waals surface area (Å²) in [5, 5.41) is 13.8. The van der Waals surface area contributed by atoms with Crippen LogP contribution >= 0.6 is 0 Å². The van der Waals surface area contributed by atoms with E-state index in [0.717, 1.165) is 22.2 Å². The fourth-order valence-corrected chi connectivity index (χ4v) is 2.06. The maximum atomic E-state index is 9.25. The number of para-hydroxylation sites is 1. The zero-order valence-electron chi connectivity index (χ0n) is 10.4. The summed E-state index contributed by atoms with van der Waals surface area (Å²) in [4.78, 5) is 4.34. The highest BCUT2D eigenvalue weighted by Crippen LogP contribution is 2.21. The van der Waals surface area contributed by atoms with E-state index in [1.807, 2.05) is 42.6 Å². The molecule has 1 aromatic heterocycles. The molecular formula is C16H14N2O. The highest BCUT2D eigenvalue weighted by molar-refractivity contribution is 5.90. The lowest BCUT2D eigenvalue weighted by molar-refractivity contribution is 0.475. The summed E-state index contributed by atoms with van der Waals surface area (Å²) in [5.74, 6) is 0.290. The Hall–Kier alpha value is -2.55. The van der Waals surface area contributed by atoms with Crippen LogP contribution in [0, 0.1) is 0 Å². The molecule has 2 aromatic carbocycles. The van der Waals surface area contributed by atoms with Gasteiger partial charge >= 0.3 is 0 Å². The van der Waals surface area contributed by atoms with Crippen molar-refractivity contribution in [2.45, 2.75) is 6.54 Å². The first-order valence-electron chi connectivity index (χ1n) is 6.18. The number of fused-ring (bicyclic) bond motifs is 1. The number of pyridine rings is 1. The second kappa shape index (κ2) is 4.98. The molecule has 1 heterocycles. The minimum absolute atomic E-state index is 0.290. The van der Waals surface area contributed by atoms with Gasteiger partial charge in [-0.25, -0.2) is 0 Å². The monoisotopic (exact) mass is 250 g/mol. The molecule has 94 valence electrons. The summed E-state index contributed by atoms with van der Waals surface area (Å²) >= 11 is 0. The van der Waals surface area contributed by atoms with E-state index in [-0.39, 0.29) is 5.75 Å². The summed E-state index contributed by atoms with van der Waals surface area (Å²) in [7, 11) is 0. The third kappa shape index (κ3) is 2.50. The van der Waals surface area contributed by atoms with E-state index < -0.39 is 0 Å². The summed E-state index contributed by atoms with van der Waals surface area (Å²) in [5.41, 5.74) is 3.18. The average Bonchev–Trinajstić information content (AvgIpc) is 2.47. The van der Waals surface area contributed by atoms with Gasteiger partial charge < -0.3 is 10.4 Å². The van der Waals surface area contributed by atoms with Crippen LogP contribution in [0.4, 0.5) is 5.69 Å². The molecule has 0 atom stereocenters. The van der Waals surface area contributed by atoms with Crippen molar-refractivity contribution in [1.29, 1.82) is 0 Å². The van der Waals surface area contributed by atoms with Crippen LogP contribution in [0.1, 0.15) is 5.56 Å². The van der Waals surface area contributed by atoms with E-state index in [2.05, 4.69) is 16.4 Å². The van der Waals surface area contributed by atoms with Crippen LogP contribution in [-0.4, -0.2) is 10.1 Å². The predicted molar refractivity (Wildman–Crippen MR) is 77.2 cm³/mol. The van der Waals surface area contributed by atoms with Crippen molar-refractivity contribution < 1.29 is 5.11 Å². The first-order chi connectivity index (χ1) is 9.33.